The van der Waals surface area contributed by atoms with Crippen LogP contribution >= 0.6 is 0 Å². The molecule has 1 aromatic rings. The first kappa shape index (κ1) is 12.7. The van der Waals surface area contributed by atoms with Crippen molar-refractivity contribution in [3.05, 3.63) is 35.9 Å². The summed E-state index contributed by atoms with van der Waals surface area (Å²) in [4.78, 5) is 11.7. The van der Waals surface area contributed by atoms with Gasteiger partial charge in [-0.15, -0.1) is 0 Å². The Balaban J connectivity index is 2.46. The van der Waals surface area contributed by atoms with E-state index in [0.29, 0.717) is 13.2 Å². The lowest BCUT2D eigenvalue weighted by molar-refractivity contribution is -0.151. The minimum absolute atomic E-state index is 0.205. The number of carbonyl (C=O) groups is 1. The highest BCUT2D eigenvalue weighted by atomic mass is 16.5. The molecule has 0 heterocycles. The lowest BCUT2D eigenvalue weighted by Crippen LogP contribution is -2.29. The van der Waals surface area contributed by atoms with Crippen LogP contribution in [-0.2, 0) is 16.1 Å². The first-order chi connectivity index (χ1) is 7.65. The highest BCUT2D eigenvalue weighted by Crippen LogP contribution is 2.12. The van der Waals surface area contributed by atoms with E-state index in [4.69, 9.17) is 10.5 Å². The van der Waals surface area contributed by atoms with Crippen molar-refractivity contribution in [1.29, 1.82) is 0 Å². The maximum absolute atomic E-state index is 11.7. The largest absolute Gasteiger partial charge is 0.461 e. The first-order valence-corrected chi connectivity index (χ1v) is 5.55. The Morgan fingerprint density at radius 1 is 1.31 bits per heavy atom. The van der Waals surface area contributed by atoms with E-state index in [1.54, 1.807) is 0 Å². The Labute approximate surface area is 96.6 Å². The summed E-state index contributed by atoms with van der Waals surface area (Å²) in [5, 5.41) is 0. The van der Waals surface area contributed by atoms with E-state index in [0.717, 1.165) is 5.56 Å². The Morgan fingerprint density at radius 3 is 2.44 bits per heavy atom. The minimum atomic E-state index is -0.207. The fourth-order valence-electron chi connectivity index (χ4n) is 1.48. The minimum Gasteiger partial charge on any atom is -0.461 e. The zero-order chi connectivity index (χ0) is 12.0. The average Bonchev–Trinajstić information content (AvgIpc) is 2.28. The van der Waals surface area contributed by atoms with Crippen molar-refractivity contribution in [2.24, 2.45) is 17.6 Å². The molecule has 0 saturated heterocycles. The number of hydrogen-bond acceptors (Lipinski definition) is 3. The molecule has 0 aromatic heterocycles. The molecule has 1 aromatic carbocycles. The summed E-state index contributed by atoms with van der Waals surface area (Å²) < 4.78 is 5.22. The summed E-state index contributed by atoms with van der Waals surface area (Å²) in [6, 6.07) is 9.64. The van der Waals surface area contributed by atoms with E-state index in [-0.39, 0.29) is 17.8 Å². The lowest BCUT2D eigenvalue weighted by Gasteiger charge is -2.17. The van der Waals surface area contributed by atoms with Crippen molar-refractivity contribution in [2.75, 3.05) is 6.54 Å². The van der Waals surface area contributed by atoms with Gasteiger partial charge in [0.1, 0.15) is 6.61 Å². The molecular weight excluding hydrogens is 202 g/mol. The summed E-state index contributed by atoms with van der Waals surface area (Å²) in [6.07, 6.45) is 0. The maximum atomic E-state index is 11.7. The van der Waals surface area contributed by atoms with Crippen molar-refractivity contribution in [2.45, 2.75) is 20.5 Å². The van der Waals surface area contributed by atoms with Gasteiger partial charge in [0.25, 0.3) is 0 Å². The van der Waals surface area contributed by atoms with Crippen molar-refractivity contribution in [3.8, 4) is 0 Å². The van der Waals surface area contributed by atoms with Gasteiger partial charge < -0.3 is 10.5 Å². The van der Waals surface area contributed by atoms with Crippen LogP contribution in [0, 0.1) is 11.8 Å². The molecule has 0 fully saturated rings. The topological polar surface area (TPSA) is 52.3 Å². The second kappa shape index (κ2) is 6.28. The fourth-order valence-corrected chi connectivity index (χ4v) is 1.48. The smallest absolute Gasteiger partial charge is 0.310 e. The van der Waals surface area contributed by atoms with Gasteiger partial charge in [-0.3, -0.25) is 4.79 Å². The van der Waals surface area contributed by atoms with Crippen molar-refractivity contribution < 1.29 is 9.53 Å². The van der Waals surface area contributed by atoms with E-state index in [1.807, 2.05) is 44.2 Å². The Hall–Kier alpha value is -1.35. The molecule has 16 heavy (non-hydrogen) atoms. The van der Waals surface area contributed by atoms with Crippen LogP contribution in [0.25, 0.3) is 0 Å². The van der Waals surface area contributed by atoms with E-state index in [9.17, 15) is 4.79 Å². The van der Waals surface area contributed by atoms with Crippen LogP contribution in [0.1, 0.15) is 19.4 Å². The summed E-state index contributed by atoms with van der Waals surface area (Å²) >= 11 is 0. The van der Waals surface area contributed by atoms with E-state index in [1.165, 1.54) is 0 Å². The highest BCUT2D eigenvalue weighted by Gasteiger charge is 2.21. The predicted molar refractivity (Wildman–Crippen MR) is 63.6 cm³/mol. The normalized spacial score (nSPS) is 12.5. The third-order valence-corrected chi connectivity index (χ3v) is 2.59. The Morgan fingerprint density at radius 2 is 1.94 bits per heavy atom. The number of nitrogens with two attached hydrogens (primary N) is 1. The molecule has 0 spiro atoms. The molecule has 0 aliphatic carbocycles. The fraction of sp³-hybridized carbons (Fsp3) is 0.462. The van der Waals surface area contributed by atoms with Gasteiger partial charge in [-0.25, -0.2) is 0 Å². The molecule has 0 aliphatic heterocycles. The van der Waals surface area contributed by atoms with Gasteiger partial charge in [0.05, 0.1) is 5.92 Å². The maximum Gasteiger partial charge on any atom is 0.310 e. The quantitative estimate of drug-likeness (QED) is 0.773. The molecule has 0 bridgehead atoms. The summed E-state index contributed by atoms with van der Waals surface area (Å²) in [6.45, 7) is 4.61. The molecule has 0 saturated carbocycles. The van der Waals surface area contributed by atoms with Crippen LogP contribution in [-0.4, -0.2) is 12.5 Å². The van der Waals surface area contributed by atoms with Gasteiger partial charge in [-0.2, -0.15) is 0 Å². The Kier molecular flexibility index (Phi) is 4.99. The molecule has 1 unspecified atom stereocenters. The van der Waals surface area contributed by atoms with E-state index in [2.05, 4.69) is 0 Å². The van der Waals surface area contributed by atoms with Gasteiger partial charge >= 0.3 is 5.97 Å². The first-order valence-electron chi connectivity index (χ1n) is 5.55. The molecule has 0 amide bonds. The van der Waals surface area contributed by atoms with E-state index < -0.39 is 0 Å². The lowest BCUT2D eigenvalue weighted by atomic mass is 9.96. The van der Waals surface area contributed by atoms with Gasteiger partial charge in [0.15, 0.2) is 0 Å². The van der Waals surface area contributed by atoms with E-state index >= 15 is 0 Å². The van der Waals surface area contributed by atoms with Crippen molar-refractivity contribution in [3.63, 3.8) is 0 Å². The number of hydrogen-bond donors (Lipinski definition) is 1. The van der Waals surface area contributed by atoms with Gasteiger partial charge in [-0.1, -0.05) is 44.2 Å². The summed E-state index contributed by atoms with van der Waals surface area (Å²) in [5.41, 5.74) is 6.54. The number of esters is 1. The Bertz CT molecular complexity index is 322. The van der Waals surface area contributed by atoms with Gasteiger partial charge in [-0.05, 0) is 11.5 Å². The summed E-state index contributed by atoms with van der Waals surface area (Å²) in [7, 11) is 0. The van der Waals surface area contributed by atoms with Crippen LogP contribution < -0.4 is 5.73 Å². The number of carbonyl (C=O) groups excluding carboxylic acids is 1. The number of rotatable bonds is 5. The molecule has 3 heteroatoms. The molecule has 1 atom stereocenters. The standard InChI is InChI=1S/C13H19NO2/c1-10(2)12(8-14)13(15)16-9-11-6-4-3-5-7-11/h3-7,10,12H,8-9,14H2,1-2H3. The number of ether oxygens (including phenoxy) is 1. The van der Waals surface area contributed by atoms with Gasteiger partial charge in [0.2, 0.25) is 0 Å². The second-order valence-electron chi connectivity index (χ2n) is 4.18. The predicted octanol–water partition coefficient (Wildman–Crippen LogP) is 1.96. The molecular formula is C13H19NO2. The zero-order valence-electron chi connectivity index (χ0n) is 9.85. The summed E-state index contributed by atoms with van der Waals surface area (Å²) in [5.74, 6) is -0.196. The van der Waals surface area contributed by atoms with Crippen LogP contribution in [0.4, 0.5) is 0 Å². The third-order valence-electron chi connectivity index (χ3n) is 2.59. The molecule has 0 aliphatic rings. The van der Waals surface area contributed by atoms with Crippen LogP contribution in [0.2, 0.25) is 0 Å². The second-order valence-corrected chi connectivity index (χ2v) is 4.18. The van der Waals surface area contributed by atoms with Crippen molar-refractivity contribution in [1.82, 2.24) is 0 Å². The van der Waals surface area contributed by atoms with Gasteiger partial charge in [0, 0.05) is 6.54 Å². The highest BCUT2D eigenvalue weighted by molar-refractivity contribution is 5.73. The average molecular weight is 221 g/mol. The number of benzene rings is 1. The molecule has 0 radical (unpaired) electrons. The third kappa shape index (κ3) is 3.66. The van der Waals surface area contributed by atoms with Crippen molar-refractivity contribution >= 4 is 5.97 Å². The molecule has 3 nitrogen and oxygen atoms in total. The van der Waals surface area contributed by atoms with Crippen LogP contribution in [0.15, 0.2) is 30.3 Å². The van der Waals surface area contributed by atoms with Crippen LogP contribution in [0.3, 0.4) is 0 Å². The molecule has 88 valence electrons. The molecule has 1 rings (SSSR count). The zero-order valence-corrected chi connectivity index (χ0v) is 9.85. The monoisotopic (exact) mass is 221 g/mol. The SMILES string of the molecule is CC(C)C(CN)C(=O)OCc1ccccc1. The molecule has 2 N–H and O–H groups in total. The van der Waals surface area contributed by atoms with Crippen LogP contribution in [0.5, 0.6) is 0 Å².